The van der Waals surface area contributed by atoms with Gasteiger partial charge in [-0.1, -0.05) is 0 Å². The molecular formula is C21H28N2O4. The van der Waals surface area contributed by atoms with Crippen LogP contribution in [-0.4, -0.2) is 26.0 Å². The van der Waals surface area contributed by atoms with Crippen molar-refractivity contribution in [3.8, 4) is 11.5 Å². The molecule has 0 saturated heterocycles. The summed E-state index contributed by atoms with van der Waals surface area (Å²) in [6, 6.07) is 4.93. The van der Waals surface area contributed by atoms with E-state index in [4.69, 9.17) is 9.47 Å². The molecule has 4 fully saturated rings. The lowest BCUT2D eigenvalue weighted by Crippen LogP contribution is -2.50. The van der Waals surface area contributed by atoms with Gasteiger partial charge in [-0.25, -0.2) is 0 Å². The van der Waals surface area contributed by atoms with Crippen molar-refractivity contribution < 1.29 is 19.1 Å². The Bertz CT molecular complexity index is 688. The number of hydrogen-bond donors (Lipinski definition) is 2. The second-order valence-electron chi connectivity index (χ2n) is 8.70. The lowest BCUT2D eigenvalue weighted by Gasteiger charge is -2.56. The third-order valence-corrected chi connectivity index (χ3v) is 6.63. The first-order valence-electron chi connectivity index (χ1n) is 9.81. The maximum Gasteiger partial charge on any atom is 0.269 e. The molecule has 4 saturated carbocycles. The molecule has 146 valence electrons. The molecule has 2 amide bonds. The Balaban J connectivity index is 1.35. The van der Waals surface area contributed by atoms with Crippen molar-refractivity contribution in [3.05, 3.63) is 23.8 Å². The monoisotopic (exact) mass is 372 g/mol. The predicted molar refractivity (Wildman–Crippen MR) is 100 cm³/mol. The Kier molecular flexibility index (Phi) is 4.74. The van der Waals surface area contributed by atoms with Crippen molar-refractivity contribution >= 4 is 11.8 Å². The van der Waals surface area contributed by atoms with Gasteiger partial charge < -0.3 is 9.47 Å². The van der Waals surface area contributed by atoms with E-state index in [1.54, 1.807) is 18.2 Å². The number of amides is 2. The fraction of sp³-hybridized carbons (Fsp3) is 0.619. The van der Waals surface area contributed by atoms with Gasteiger partial charge in [0.1, 0.15) is 11.5 Å². The largest absolute Gasteiger partial charge is 0.497 e. The molecule has 0 radical (unpaired) electrons. The molecule has 6 heteroatoms. The number of benzene rings is 1. The highest BCUT2D eigenvalue weighted by molar-refractivity contribution is 5.96. The summed E-state index contributed by atoms with van der Waals surface area (Å²) in [5, 5.41) is 0. The molecule has 0 spiro atoms. The molecule has 4 aliphatic carbocycles. The molecule has 0 atom stereocenters. The fourth-order valence-corrected chi connectivity index (χ4v) is 6.03. The maximum absolute atomic E-state index is 12.5. The van der Waals surface area contributed by atoms with Crippen LogP contribution in [0.25, 0.3) is 0 Å². The van der Waals surface area contributed by atoms with Gasteiger partial charge in [-0.2, -0.15) is 0 Å². The van der Waals surface area contributed by atoms with E-state index in [-0.39, 0.29) is 17.2 Å². The summed E-state index contributed by atoms with van der Waals surface area (Å²) in [5.41, 5.74) is 5.68. The smallest absolute Gasteiger partial charge is 0.269 e. The van der Waals surface area contributed by atoms with Crippen LogP contribution < -0.4 is 20.3 Å². The molecule has 0 unspecified atom stereocenters. The fourth-order valence-electron chi connectivity index (χ4n) is 6.03. The third-order valence-electron chi connectivity index (χ3n) is 6.63. The number of hydrazine groups is 1. The van der Waals surface area contributed by atoms with Crippen LogP contribution in [0.4, 0.5) is 0 Å². The molecule has 27 heavy (non-hydrogen) atoms. The first-order chi connectivity index (χ1) is 13.0. The summed E-state index contributed by atoms with van der Waals surface area (Å²) in [6.45, 7) is 0. The van der Waals surface area contributed by atoms with Crippen LogP contribution in [0.2, 0.25) is 0 Å². The number of nitrogens with one attached hydrogen (secondary N) is 2. The molecule has 0 heterocycles. The van der Waals surface area contributed by atoms with Crippen molar-refractivity contribution in [2.45, 2.75) is 44.9 Å². The molecule has 0 aliphatic heterocycles. The molecule has 4 bridgehead atoms. The van der Waals surface area contributed by atoms with Crippen LogP contribution in [0.3, 0.4) is 0 Å². The highest BCUT2D eigenvalue weighted by Crippen LogP contribution is 2.61. The van der Waals surface area contributed by atoms with Crippen molar-refractivity contribution in [3.63, 3.8) is 0 Å². The van der Waals surface area contributed by atoms with Crippen LogP contribution in [0.1, 0.15) is 55.3 Å². The van der Waals surface area contributed by atoms with E-state index in [0.717, 1.165) is 17.8 Å². The standard InChI is InChI=1S/C21H28N2O4/c1-26-17-6-16(7-18(8-17)27-2)20(25)23-22-19(24)12-21-9-13-3-14(10-21)5-15(4-13)11-21/h6-8,13-15H,3-5,9-12H2,1-2H3,(H,22,24)(H,23,25). The number of carbonyl (C=O) groups is 2. The van der Waals surface area contributed by atoms with Crippen molar-refractivity contribution in [2.75, 3.05) is 14.2 Å². The zero-order chi connectivity index (χ0) is 19.0. The Morgan fingerprint density at radius 1 is 0.926 bits per heavy atom. The second kappa shape index (κ2) is 7.06. The SMILES string of the molecule is COc1cc(OC)cc(C(=O)NNC(=O)CC23CC4CC(CC(C4)C2)C3)c1. The van der Waals surface area contributed by atoms with Gasteiger partial charge in [0.15, 0.2) is 0 Å². The number of rotatable bonds is 5. The Hall–Kier alpha value is -2.24. The van der Waals surface area contributed by atoms with Crippen LogP contribution in [0.5, 0.6) is 11.5 Å². The molecule has 0 aromatic heterocycles. The zero-order valence-electron chi connectivity index (χ0n) is 16.0. The average molecular weight is 372 g/mol. The minimum absolute atomic E-state index is 0.0971. The Morgan fingerprint density at radius 3 is 1.93 bits per heavy atom. The van der Waals surface area contributed by atoms with Crippen LogP contribution >= 0.6 is 0 Å². The summed E-state index contributed by atoms with van der Waals surface area (Å²) >= 11 is 0. The quantitative estimate of drug-likeness (QED) is 0.779. The van der Waals surface area contributed by atoms with Crippen molar-refractivity contribution in [1.82, 2.24) is 10.9 Å². The molecule has 5 rings (SSSR count). The maximum atomic E-state index is 12.5. The van der Waals surface area contributed by atoms with E-state index in [0.29, 0.717) is 23.5 Å². The van der Waals surface area contributed by atoms with E-state index in [9.17, 15) is 9.59 Å². The van der Waals surface area contributed by atoms with E-state index < -0.39 is 0 Å². The lowest BCUT2D eigenvalue weighted by atomic mass is 9.49. The van der Waals surface area contributed by atoms with Crippen molar-refractivity contribution in [2.24, 2.45) is 23.2 Å². The van der Waals surface area contributed by atoms with Gasteiger partial charge in [-0.3, -0.25) is 20.4 Å². The van der Waals surface area contributed by atoms with Gasteiger partial charge >= 0.3 is 0 Å². The first-order valence-corrected chi connectivity index (χ1v) is 9.81. The van der Waals surface area contributed by atoms with E-state index >= 15 is 0 Å². The predicted octanol–water partition coefficient (Wildman–Crippen LogP) is 3.07. The summed E-state index contributed by atoms with van der Waals surface area (Å²) in [7, 11) is 3.06. The molecule has 2 N–H and O–H groups in total. The van der Waals surface area contributed by atoms with Crippen LogP contribution in [-0.2, 0) is 4.79 Å². The number of methoxy groups -OCH3 is 2. The average Bonchev–Trinajstić information content (AvgIpc) is 2.64. The molecule has 6 nitrogen and oxygen atoms in total. The first kappa shape index (κ1) is 18.1. The highest BCUT2D eigenvalue weighted by Gasteiger charge is 2.51. The van der Waals surface area contributed by atoms with Gasteiger partial charge in [0, 0.05) is 18.1 Å². The highest BCUT2D eigenvalue weighted by atomic mass is 16.5. The zero-order valence-corrected chi connectivity index (χ0v) is 16.0. The summed E-state index contributed by atoms with van der Waals surface area (Å²) < 4.78 is 10.4. The normalized spacial score (nSPS) is 30.7. The number of ether oxygens (including phenoxy) is 2. The molecule has 1 aromatic carbocycles. The van der Waals surface area contributed by atoms with Gasteiger partial charge in [-0.15, -0.1) is 0 Å². The second-order valence-corrected chi connectivity index (χ2v) is 8.70. The van der Waals surface area contributed by atoms with E-state index in [2.05, 4.69) is 10.9 Å². The van der Waals surface area contributed by atoms with E-state index in [1.165, 1.54) is 52.7 Å². The Morgan fingerprint density at radius 2 is 1.44 bits per heavy atom. The minimum atomic E-state index is -0.383. The number of carbonyl (C=O) groups excluding carboxylic acids is 2. The van der Waals surface area contributed by atoms with Crippen LogP contribution in [0, 0.1) is 23.2 Å². The van der Waals surface area contributed by atoms with Gasteiger partial charge in [0.25, 0.3) is 5.91 Å². The minimum Gasteiger partial charge on any atom is -0.497 e. The molecule has 4 aliphatic rings. The van der Waals surface area contributed by atoms with Gasteiger partial charge in [0.2, 0.25) is 5.91 Å². The molecule has 1 aromatic rings. The van der Waals surface area contributed by atoms with Crippen LogP contribution in [0.15, 0.2) is 18.2 Å². The lowest BCUT2D eigenvalue weighted by molar-refractivity contribution is -0.130. The molecular weight excluding hydrogens is 344 g/mol. The van der Waals surface area contributed by atoms with E-state index in [1.807, 2.05) is 0 Å². The van der Waals surface area contributed by atoms with Gasteiger partial charge in [-0.05, 0) is 73.8 Å². The summed E-state index contributed by atoms with van der Waals surface area (Å²) in [5.74, 6) is 3.00. The topological polar surface area (TPSA) is 76.7 Å². The van der Waals surface area contributed by atoms with Gasteiger partial charge in [0.05, 0.1) is 14.2 Å². The Labute approximate surface area is 160 Å². The van der Waals surface area contributed by atoms with Crippen molar-refractivity contribution in [1.29, 1.82) is 0 Å². The third kappa shape index (κ3) is 3.75. The summed E-state index contributed by atoms with van der Waals surface area (Å²) in [4.78, 5) is 24.9. The number of hydrogen-bond acceptors (Lipinski definition) is 4. The summed E-state index contributed by atoms with van der Waals surface area (Å²) in [6.07, 6.45) is 8.10.